The maximum Gasteiger partial charge on any atom is 0.285 e. The summed E-state index contributed by atoms with van der Waals surface area (Å²) in [6, 6.07) is 16.4. The molecule has 1 fully saturated rings. The van der Waals surface area contributed by atoms with Gasteiger partial charge in [-0.05, 0) is 48.5 Å². The monoisotopic (exact) mass is 414 g/mol. The van der Waals surface area contributed by atoms with E-state index in [0.29, 0.717) is 9.93 Å². The SMILES string of the molecule is CC(=C/c1ccccc1)/C=C1\SC(=S)N(NC(=O)c2ccccc2Cl)C1=O. The normalized spacial score (nSPS) is 16.1. The smallest absolute Gasteiger partial charge is 0.267 e. The molecule has 2 aromatic carbocycles. The number of rotatable bonds is 4. The van der Waals surface area contributed by atoms with Crippen molar-refractivity contribution in [3.8, 4) is 0 Å². The van der Waals surface area contributed by atoms with Crippen molar-refractivity contribution in [1.29, 1.82) is 0 Å². The van der Waals surface area contributed by atoms with Crippen molar-refractivity contribution in [3.05, 3.63) is 87.3 Å². The molecule has 0 aliphatic carbocycles. The Morgan fingerprint density at radius 1 is 1.15 bits per heavy atom. The summed E-state index contributed by atoms with van der Waals surface area (Å²) in [7, 11) is 0. The summed E-state index contributed by atoms with van der Waals surface area (Å²) in [6.45, 7) is 1.90. The summed E-state index contributed by atoms with van der Waals surface area (Å²) in [5.41, 5.74) is 4.74. The first-order valence-electron chi connectivity index (χ1n) is 8.02. The number of carbonyl (C=O) groups is 2. The Bertz CT molecular complexity index is 971. The lowest BCUT2D eigenvalue weighted by Gasteiger charge is -2.16. The molecule has 0 radical (unpaired) electrons. The van der Waals surface area contributed by atoms with E-state index in [1.54, 1.807) is 30.3 Å². The lowest BCUT2D eigenvalue weighted by atomic mass is 10.1. The zero-order valence-electron chi connectivity index (χ0n) is 14.3. The van der Waals surface area contributed by atoms with Crippen LogP contribution in [-0.2, 0) is 4.79 Å². The maximum absolute atomic E-state index is 12.6. The summed E-state index contributed by atoms with van der Waals surface area (Å²) < 4.78 is 0.263. The molecular weight excluding hydrogens is 400 g/mol. The topological polar surface area (TPSA) is 49.4 Å². The number of hydrogen-bond donors (Lipinski definition) is 1. The zero-order valence-corrected chi connectivity index (χ0v) is 16.7. The summed E-state index contributed by atoms with van der Waals surface area (Å²) in [5, 5.41) is 1.38. The van der Waals surface area contributed by atoms with Crippen LogP contribution >= 0.6 is 35.6 Å². The van der Waals surface area contributed by atoms with Gasteiger partial charge in [0.15, 0.2) is 4.32 Å². The van der Waals surface area contributed by atoms with Gasteiger partial charge in [-0.3, -0.25) is 15.0 Å². The molecule has 0 aromatic heterocycles. The molecule has 4 nitrogen and oxygen atoms in total. The van der Waals surface area contributed by atoms with Crippen molar-refractivity contribution >= 4 is 57.8 Å². The Morgan fingerprint density at radius 2 is 1.81 bits per heavy atom. The van der Waals surface area contributed by atoms with Gasteiger partial charge in [0.2, 0.25) is 0 Å². The van der Waals surface area contributed by atoms with E-state index in [0.717, 1.165) is 27.9 Å². The van der Waals surface area contributed by atoms with Crippen LogP contribution in [-0.4, -0.2) is 21.1 Å². The third kappa shape index (κ3) is 4.66. The number of carbonyl (C=O) groups excluding carboxylic acids is 2. The second-order valence-electron chi connectivity index (χ2n) is 5.74. The van der Waals surface area contributed by atoms with Gasteiger partial charge >= 0.3 is 0 Å². The molecule has 2 aromatic rings. The molecule has 0 bridgehead atoms. The van der Waals surface area contributed by atoms with Crippen molar-refractivity contribution in [3.63, 3.8) is 0 Å². The van der Waals surface area contributed by atoms with Gasteiger partial charge in [-0.2, -0.15) is 5.01 Å². The minimum atomic E-state index is -0.491. The van der Waals surface area contributed by atoms with Crippen LogP contribution in [0, 0.1) is 0 Å². The van der Waals surface area contributed by atoms with Crippen LogP contribution in [0.15, 0.2) is 71.2 Å². The molecule has 1 N–H and O–H groups in total. The van der Waals surface area contributed by atoms with Crippen LogP contribution in [0.5, 0.6) is 0 Å². The maximum atomic E-state index is 12.6. The number of nitrogens with one attached hydrogen (secondary N) is 1. The molecule has 3 rings (SSSR count). The predicted molar refractivity (Wildman–Crippen MR) is 114 cm³/mol. The van der Waals surface area contributed by atoms with E-state index in [1.165, 1.54) is 0 Å². The molecule has 0 spiro atoms. The second-order valence-corrected chi connectivity index (χ2v) is 7.82. The fourth-order valence-electron chi connectivity index (χ4n) is 2.43. The molecule has 136 valence electrons. The number of benzene rings is 2. The Kier molecular flexibility index (Phi) is 6.11. The van der Waals surface area contributed by atoms with Crippen molar-refractivity contribution in [2.24, 2.45) is 0 Å². The average Bonchev–Trinajstić information content (AvgIpc) is 2.90. The van der Waals surface area contributed by atoms with Crippen LogP contribution in [0.3, 0.4) is 0 Å². The van der Waals surface area contributed by atoms with Crippen molar-refractivity contribution in [1.82, 2.24) is 10.4 Å². The summed E-state index contributed by atoms with van der Waals surface area (Å²) in [4.78, 5) is 25.5. The molecule has 27 heavy (non-hydrogen) atoms. The Labute approximate surface area is 171 Å². The number of thiocarbonyl (C=S) groups is 1. The second kappa shape index (κ2) is 8.52. The van der Waals surface area contributed by atoms with E-state index in [4.69, 9.17) is 23.8 Å². The molecule has 2 amide bonds. The first-order chi connectivity index (χ1) is 13.0. The average molecular weight is 415 g/mol. The van der Waals surface area contributed by atoms with Crippen LogP contribution in [0.4, 0.5) is 0 Å². The molecule has 7 heteroatoms. The van der Waals surface area contributed by atoms with E-state index in [1.807, 2.05) is 43.3 Å². The Hall–Kier alpha value is -2.41. The molecule has 0 unspecified atom stereocenters. The molecule has 0 atom stereocenters. The van der Waals surface area contributed by atoms with E-state index in [9.17, 15) is 9.59 Å². The van der Waals surface area contributed by atoms with Gasteiger partial charge in [0.05, 0.1) is 15.5 Å². The van der Waals surface area contributed by atoms with Crippen LogP contribution < -0.4 is 5.43 Å². The van der Waals surface area contributed by atoms with Gasteiger partial charge in [-0.1, -0.05) is 71.9 Å². The van der Waals surface area contributed by atoms with Crippen LogP contribution in [0.1, 0.15) is 22.8 Å². The number of nitrogens with zero attached hydrogens (tertiary/aromatic N) is 1. The van der Waals surface area contributed by atoms with Gasteiger partial charge in [0.1, 0.15) is 0 Å². The standard InChI is InChI=1S/C20H15ClN2O2S2/c1-13(11-14-7-3-2-4-8-14)12-17-19(25)23(20(26)27-17)22-18(24)15-9-5-6-10-16(15)21/h2-12H,1H3,(H,22,24)/b13-11-,17-12-. The molecule has 1 aliphatic heterocycles. The van der Waals surface area contributed by atoms with Gasteiger partial charge in [-0.15, -0.1) is 0 Å². The highest BCUT2D eigenvalue weighted by molar-refractivity contribution is 8.26. The largest absolute Gasteiger partial charge is 0.285 e. The van der Waals surface area contributed by atoms with Gasteiger partial charge in [-0.25, -0.2) is 0 Å². The van der Waals surface area contributed by atoms with Gasteiger partial charge in [0, 0.05) is 0 Å². The van der Waals surface area contributed by atoms with E-state index < -0.39 is 5.91 Å². The number of thioether (sulfide) groups is 1. The molecule has 0 saturated carbocycles. The lowest BCUT2D eigenvalue weighted by molar-refractivity contribution is -0.123. The van der Waals surface area contributed by atoms with Crippen molar-refractivity contribution in [2.45, 2.75) is 6.92 Å². The van der Waals surface area contributed by atoms with Crippen LogP contribution in [0.25, 0.3) is 6.08 Å². The highest BCUT2D eigenvalue weighted by Crippen LogP contribution is 2.31. The van der Waals surface area contributed by atoms with E-state index >= 15 is 0 Å². The van der Waals surface area contributed by atoms with E-state index in [-0.39, 0.29) is 15.8 Å². The van der Waals surface area contributed by atoms with E-state index in [2.05, 4.69) is 5.43 Å². The lowest BCUT2D eigenvalue weighted by Crippen LogP contribution is -2.44. The molecule has 1 heterocycles. The Morgan fingerprint density at radius 3 is 2.52 bits per heavy atom. The number of halogens is 1. The van der Waals surface area contributed by atoms with Crippen molar-refractivity contribution < 1.29 is 9.59 Å². The zero-order chi connectivity index (χ0) is 19.4. The third-order valence-corrected chi connectivity index (χ3v) is 5.31. The van der Waals surface area contributed by atoms with Crippen LogP contribution in [0.2, 0.25) is 5.02 Å². The van der Waals surface area contributed by atoms with Gasteiger partial charge < -0.3 is 0 Å². The molecule has 1 saturated heterocycles. The predicted octanol–water partition coefficient (Wildman–Crippen LogP) is 4.83. The highest BCUT2D eigenvalue weighted by Gasteiger charge is 2.34. The fraction of sp³-hybridized carbons (Fsp3) is 0.0500. The minimum Gasteiger partial charge on any atom is -0.267 e. The fourth-order valence-corrected chi connectivity index (χ4v) is 3.88. The molecule has 1 aliphatic rings. The quantitative estimate of drug-likeness (QED) is 0.575. The summed E-state index contributed by atoms with van der Waals surface area (Å²) in [6.07, 6.45) is 3.73. The van der Waals surface area contributed by atoms with Crippen molar-refractivity contribution in [2.75, 3.05) is 0 Å². The van der Waals surface area contributed by atoms with Gasteiger partial charge in [0.25, 0.3) is 11.8 Å². The summed E-state index contributed by atoms with van der Waals surface area (Å²) >= 11 is 12.4. The molecular formula is C20H15ClN2O2S2. The summed E-state index contributed by atoms with van der Waals surface area (Å²) in [5.74, 6) is -0.860. The first-order valence-corrected chi connectivity index (χ1v) is 9.63. The number of hydrazine groups is 1. The first kappa shape index (κ1) is 19.4. The highest BCUT2D eigenvalue weighted by atomic mass is 35.5. The number of allylic oxidation sites excluding steroid dienone is 2. The third-order valence-electron chi connectivity index (χ3n) is 3.68. The minimum absolute atomic E-state index is 0.263. The number of amides is 2. The number of hydrogen-bond acceptors (Lipinski definition) is 4. The Balaban J connectivity index is 1.76.